The summed E-state index contributed by atoms with van der Waals surface area (Å²) in [5, 5.41) is 0.755. The molecule has 1 heterocycles. The summed E-state index contributed by atoms with van der Waals surface area (Å²) in [4.78, 5) is 6.37. The number of benzene rings is 1. The van der Waals surface area contributed by atoms with Crippen molar-refractivity contribution in [3.05, 3.63) is 58.7 Å². The van der Waals surface area contributed by atoms with Gasteiger partial charge in [0.2, 0.25) is 0 Å². The lowest BCUT2D eigenvalue weighted by molar-refractivity contribution is 0.550. The zero-order valence-corrected chi connectivity index (χ0v) is 12.4. The van der Waals surface area contributed by atoms with E-state index in [1.807, 2.05) is 61.6 Å². The van der Waals surface area contributed by atoms with Crippen molar-refractivity contribution < 1.29 is 0 Å². The lowest BCUT2D eigenvalue weighted by Gasteiger charge is -2.18. The number of nitrogens with two attached hydrogens (primary N) is 1. The predicted octanol–water partition coefficient (Wildman–Crippen LogP) is 2.55. The Kier molecular flexibility index (Phi) is 4.95. The first kappa shape index (κ1) is 14.8. The molecular weight excluding hydrogens is 272 g/mol. The van der Waals surface area contributed by atoms with Crippen LogP contribution in [0.2, 0.25) is 5.02 Å². The Morgan fingerprint density at radius 2 is 2.00 bits per heavy atom. The summed E-state index contributed by atoms with van der Waals surface area (Å²) in [5.41, 5.74) is 4.93. The van der Waals surface area contributed by atoms with E-state index in [2.05, 4.69) is 10.4 Å². The molecule has 1 aromatic heterocycles. The molecule has 1 unspecified atom stereocenters. The molecular formula is C15H19ClN4. The maximum Gasteiger partial charge on any atom is 0.127 e. The van der Waals surface area contributed by atoms with E-state index < -0.39 is 0 Å². The van der Waals surface area contributed by atoms with E-state index in [-0.39, 0.29) is 6.04 Å². The van der Waals surface area contributed by atoms with Crippen LogP contribution in [0.3, 0.4) is 0 Å². The van der Waals surface area contributed by atoms with E-state index in [9.17, 15) is 0 Å². The van der Waals surface area contributed by atoms with Gasteiger partial charge in [-0.2, -0.15) is 0 Å². The minimum Gasteiger partial charge on any atom is -0.363 e. The second-order valence-corrected chi connectivity index (χ2v) is 5.27. The third-order valence-corrected chi connectivity index (χ3v) is 3.58. The molecule has 0 saturated carbocycles. The van der Waals surface area contributed by atoms with Gasteiger partial charge in [-0.05, 0) is 29.7 Å². The molecule has 2 rings (SSSR count). The fourth-order valence-corrected chi connectivity index (χ4v) is 2.24. The van der Waals surface area contributed by atoms with Crippen LogP contribution in [0, 0.1) is 0 Å². The number of hydrogen-bond donors (Lipinski definition) is 2. The number of nitrogens with one attached hydrogen (secondary N) is 1. The average Bonchev–Trinajstić information content (AvgIpc) is 2.46. The molecule has 0 aliphatic rings. The van der Waals surface area contributed by atoms with Gasteiger partial charge in [0.25, 0.3) is 0 Å². The Bertz CT molecular complexity index is 554. The van der Waals surface area contributed by atoms with Gasteiger partial charge in [0.15, 0.2) is 0 Å². The topological polar surface area (TPSA) is 54.2 Å². The Balaban J connectivity index is 2.18. The first-order valence-electron chi connectivity index (χ1n) is 6.44. The summed E-state index contributed by atoms with van der Waals surface area (Å²) in [6.45, 7) is 0. The Labute approximate surface area is 124 Å². The van der Waals surface area contributed by atoms with Crippen LogP contribution in [0.1, 0.15) is 17.2 Å². The number of anilines is 1. The highest BCUT2D eigenvalue weighted by molar-refractivity contribution is 6.31. The fourth-order valence-electron chi connectivity index (χ4n) is 2.03. The average molecular weight is 291 g/mol. The molecule has 5 heteroatoms. The van der Waals surface area contributed by atoms with Crippen molar-refractivity contribution in [2.75, 3.05) is 19.0 Å². The second-order valence-electron chi connectivity index (χ2n) is 4.86. The maximum atomic E-state index is 6.19. The number of hydrazine groups is 1. The van der Waals surface area contributed by atoms with Crippen molar-refractivity contribution in [2.24, 2.45) is 5.84 Å². The highest BCUT2D eigenvalue weighted by Gasteiger charge is 2.13. The molecule has 0 aliphatic heterocycles. The lowest BCUT2D eigenvalue weighted by atomic mass is 10.0. The van der Waals surface area contributed by atoms with Crippen LogP contribution in [0.4, 0.5) is 5.82 Å². The van der Waals surface area contributed by atoms with E-state index in [0.29, 0.717) is 0 Å². The summed E-state index contributed by atoms with van der Waals surface area (Å²) < 4.78 is 0. The molecule has 0 aliphatic carbocycles. The first-order valence-corrected chi connectivity index (χ1v) is 6.82. The molecule has 0 amide bonds. The van der Waals surface area contributed by atoms with Gasteiger partial charge in [-0.15, -0.1) is 0 Å². The highest BCUT2D eigenvalue weighted by Crippen LogP contribution is 2.23. The maximum absolute atomic E-state index is 6.19. The molecule has 4 nitrogen and oxygen atoms in total. The van der Waals surface area contributed by atoms with E-state index in [0.717, 1.165) is 28.4 Å². The number of pyridine rings is 1. The summed E-state index contributed by atoms with van der Waals surface area (Å²) in [7, 11) is 3.93. The number of hydrogen-bond acceptors (Lipinski definition) is 4. The van der Waals surface area contributed by atoms with Gasteiger partial charge in [-0.25, -0.2) is 4.98 Å². The van der Waals surface area contributed by atoms with Gasteiger partial charge in [-0.3, -0.25) is 11.3 Å². The summed E-state index contributed by atoms with van der Waals surface area (Å²) in [6, 6.07) is 11.8. The quantitative estimate of drug-likeness (QED) is 0.656. The molecule has 2 aromatic rings. The largest absolute Gasteiger partial charge is 0.363 e. The van der Waals surface area contributed by atoms with E-state index in [4.69, 9.17) is 17.4 Å². The summed E-state index contributed by atoms with van der Waals surface area (Å²) in [5.74, 6) is 6.59. The van der Waals surface area contributed by atoms with Gasteiger partial charge < -0.3 is 4.90 Å². The minimum atomic E-state index is -0.0152. The number of rotatable bonds is 5. The number of aromatic nitrogens is 1. The smallest absolute Gasteiger partial charge is 0.127 e. The Morgan fingerprint density at radius 1 is 1.25 bits per heavy atom. The molecule has 0 spiro atoms. The zero-order valence-electron chi connectivity index (χ0n) is 11.7. The van der Waals surface area contributed by atoms with Gasteiger partial charge in [0.05, 0.1) is 6.04 Å². The van der Waals surface area contributed by atoms with Crippen molar-refractivity contribution in [1.82, 2.24) is 10.4 Å². The van der Waals surface area contributed by atoms with E-state index >= 15 is 0 Å². The normalized spacial score (nSPS) is 12.2. The molecule has 106 valence electrons. The lowest BCUT2D eigenvalue weighted by Crippen LogP contribution is -2.29. The molecule has 0 bridgehead atoms. The second kappa shape index (κ2) is 6.70. The monoisotopic (exact) mass is 290 g/mol. The summed E-state index contributed by atoms with van der Waals surface area (Å²) >= 11 is 6.19. The number of halogens is 1. The third kappa shape index (κ3) is 3.48. The van der Waals surface area contributed by atoms with E-state index in [1.54, 1.807) is 0 Å². The van der Waals surface area contributed by atoms with Crippen molar-refractivity contribution in [3.63, 3.8) is 0 Å². The number of nitrogens with zero attached hydrogens (tertiary/aromatic N) is 2. The molecule has 20 heavy (non-hydrogen) atoms. The van der Waals surface area contributed by atoms with Crippen LogP contribution < -0.4 is 16.2 Å². The van der Waals surface area contributed by atoms with Crippen molar-refractivity contribution in [2.45, 2.75) is 12.5 Å². The van der Waals surface area contributed by atoms with Crippen molar-refractivity contribution in [3.8, 4) is 0 Å². The minimum absolute atomic E-state index is 0.0152. The molecule has 0 radical (unpaired) electrons. The van der Waals surface area contributed by atoms with Gasteiger partial charge in [-0.1, -0.05) is 35.9 Å². The first-order chi connectivity index (χ1) is 9.61. The van der Waals surface area contributed by atoms with Crippen LogP contribution in [0.5, 0.6) is 0 Å². The SMILES string of the molecule is CN(C)c1ccc(C(Cc2ccccc2Cl)NN)cn1. The van der Waals surface area contributed by atoms with Gasteiger partial charge in [0, 0.05) is 25.3 Å². The van der Waals surface area contributed by atoms with Crippen LogP contribution in [0.25, 0.3) is 0 Å². The Hall–Kier alpha value is -1.62. The molecule has 1 aromatic carbocycles. The van der Waals surface area contributed by atoms with E-state index in [1.165, 1.54) is 0 Å². The summed E-state index contributed by atoms with van der Waals surface area (Å²) in [6.07, 6.45) is 2.57. The molecule has 0 fully saturated rings. The van der Waals surface area contributed by atoms with Gasteiger partial charge in [0.1, 0.15) is 5.82 Å². The van der Waals surface area contributed by atoms with Crippen molar-refractivity contribution in [1.29, 1.82) is 0 Å². The van der Waals surface area contributed by atoms with Crippen molar-refractivity contribution >= 4 is 17.4 Å². The third-order valence-electron chi connectivity index (χ3n) is 3.21. The van der Waals surface area contributed by atoms with Gasteiger partial charge >= 0.3 is 0 Å². The van der Waals surface area contributed by atoms with Crippen LogP contribution in [0.15, 0.2) is 42.6 Å². The molecule has 0 saturated heterocycles. The van der Waals surface area contributed by atoms with Crippen LogP contribution in [-0.2, 0) is 6.42 Å². The fraction of sp³-hybridized carbons (Fsp3) is 0.267. The van der Waals surface area contributed by atoms with Crippen LogP contribution in [-0.4, -0.2) is 19.1 Å². The van der Waals surface area contributed by atoms with Crippen LogP contribution >= 0.6 is 11.6 Å². The highest BCUT2D eigenvalue weighted by atomic mass is 35.5. The molecule has 1 atom stereocenters. The predicted molar refractivity (Wildman–Crippen MR) is 83.8 cm³/mol. The Morgan fingerprint density at radius 3 is 2.55 bits per heavy atom. The molecule has 3 N–H and O–H groups in total. The zero-order chi connectivity index (χ0) is 14.5. The standard InChI is InChI=1S/C15H19ClN4/c1-20(2)15-8-7-12(10-18-15)14(19-17)9-11-5-3-4-6-13(11)16/h3-8,10,14,19H,9,17H2,1-2H3.